The van der Waals surface area contributed by atoms with Crippen LogP contribution in [0.25, 0.3) is 0 Å². The molecule has 9 heteroatoms. The molecule has 1 unspecified atom stereocenters. The average Bonchev–Trinajstić information content (AvgIpc) is 3.06. The number of rotatable bonds is 2. The quantitative estimate of drug-likeness (QED) is 0.420. The summed E-state index contributed by atoms with van der Waals surface area (Å²) in [5.41, 5.74) is -1.10. The first kappa shape index (κ1) is 23.4. The summed E-state index contributed by atoms with van der Waals surface area (Å²) in [6.07, 6.45) is 1.75. The van der Waals surface area contributed by atoms with E-state index in [2.05, 4.69) is 10.6 Å². The van der Waals surface area contributed by atoms with Crippen LogP contribution >= 0.6 is 35.4 Å². The van der Waals surface area contributed by atoms with E-state index < -0.39 is 29.1 Å². The van der Waals surface area contributed by atoms with Crippen molar-refractivity contribution in [1.82, 2.24) is 5.32 Å². The highest BCUT2D eigenvalue weighted by atomic mass is 35.5. The Morgan fingerprint density at radius 3 is 2.59 bits per heavy atom. The molecule has 0 bridgehead atoms. The van der Waals surface area contributed by atoms with Crippen LogP contribution in [0.5, 0.6) is 0 Å². The Labute approximate surface area is 210 Å². The van der Waals surface area contributed by atoms with E-state index in [9.17, 15) is 18.0 Å². The molecular formula is C25H19Cl2F3N2OS. The second kappa shape index (κ2) is 8.40. The van der Waals surface area contributed by atoms with Gasteiger partial charge in [-0.25, -0.2) is 0 Å². The summed E-state index contributed by atoms with van der Waals surface area (Å²) < 4.78 is 42.3. The Hall–Kier alpha value is -2.35. The first-order valence-electron chi connectivity index (χ1n) is 10.7. The fraction of sp³-hybridized carbons (Fsp3) is 0.280. The maximum atomic E-state index is 14.1. The topological polar surface area (TPSA) is 41.1 Å². The number of anilines is 1. The second-order valence-electron chi connectivity index (χ2n) is 8.78. The summed E-state index contributed by atoms with van der Waals surface area (Å²) in [7, 11) is 0. The van der Waals surface area contributed by atoms with Gasteiger partial charge in [-0.1, -0.05) is 71.8 Å². The van der Waals surface area contributed by atoms with Crippen molar-refractivity contribution >= 4 is 52.0 Å². The molecule has 176 valence electrons. The minimum Gasteiger partial charge on any atom is -0.371 e. The fourth-order valence-electron chi connectivity index (χ4n) is 5.65. The second-order valence-corrected chi connectivity index (χ2v) is 10.2. The molecule has 4 atom stereocenters. The number of hydrogen-bond donors (Lipinski definition) is 2. The van der Waals surface area contributed by atoms with Gasteiger partial charge < -0.3 is 10.6 Å². The van der Waals surface area contributed by atoms with Gasteiger partial charge in [0.2, 0.25) is 5.91 Å². The van der Waals surface area contributed by atoms with Crippen molar-refractivity contribution < 1.29 is 18.0 Å². The molecule has 2 aliphatic heterocycles. The average molecular weight is 523 g/mol. The molecule has 34 heavy (non-hydrogen) atoms. The first-order valence-corrected chi connectivity index (χ1v) is 11.9. The molecule has 2 heterocycles. The van der Waals surface area contributed by atoms with E-state index in [-0.39, 0.29) is 17.4 Å². The number of carbonyl (C=O) groups excluding carboxylic acids is 1. The SMILES string of the molecule is O=C1Nc2cc(Cl)ccc2[C@]12[C@H](c1ccccc1C(F)(F)F)NC(=S)C[C@H]2C1C=CC=C(Cl)C1. The standard InChI is InChI=1S/C25H19Cl2F3N2OS/c26-14-5-3-4-13(10-14)19-12-21(34)32-22(16-6-1-2-7-17(16)25(28,29)30)24(19)18-9-8-15(27)11-20(18)31-23(24)33/h1-9,11,13,19,22H,10,12H2,(H,31,33)(H,32,34)/t13?,19-,22-,24-/m0/s1. The molecule has 0 aromatic heterocycles. The number of alkyl halides is 3. The molecule has 1 saturated heterocycles. The maximum Gasteiger partial charge on any atom is 0.416 e. The smallest absolute Gasteiger partial charge is 0.371 e. The maximum absolute atomic E-state index is 14.1. The molecular weight excluding hydrogens is 504 g/mol. The molecule has 1 amide bonds. The molecule has 1 fully saturated rings. The molecule has 2 aromatic carbocycles. The van der Waals surface area contributed by atoms with Crippen LogP contribution in [0, 0.1) is 11.8 Å². The minimum absolute atomic E-state index is 0.0265. The molecule has 2 N–H and O–H groups in total. The number of allylic oxidation sites excluding steroid dienone is 4. The van der Waals surface area contributed by atoms with Crippen molar-refractivity contribution in [1.29, 1.82) is 0 Å². The van der Waals surface area contributed by atoms with E-state index in [4.69, 9.17) is 35.4 Å². The largest absolute Gasteiger partial charge is 0.416 e. The summed E-state index contributed by atoms with van der Waals surface area (Å²) in [5.74, 6) is -1.02. The van der Waals surface area contributed by atoms with Crippen molar-refractivity contribution in [3.8, 4) is 0 Å². The van der Waals surface area contributed by atoms with Crippen LogP contribution in [0.2, 0.25) is 5.02 Å². The van der Waals surface area contributed by atoms with Gasteiger partial charge in [-0.2, -0.15) is 13.2 Å². The van der Waals surface area contributed by atoms with Gasteiger partial charge in [-0.15, -0.1) is 0 Å². The highest BCUT2D eigenvalue weighted by Crippen LogP contribution is 2.58. The molecule has 1 aliphatic carbocycles. The summed E-state index contributed by atoms with van der Waals surface area (Å²) >= 11 is 18.1. The molecule has 0 saturated carbocycles. The highest BCUT2D eigenvalue weighted by Gasteiger charge is 2.62. The summed E-state index contributed by atoms with van der Waals surface area (Å²) in [4.78, 5) is 14.3. The van der Waals surface area contributed by atoms with E-state index in [1.807, 2.05) is 12.2 Å². The number of fused-ring (bicyclic) bond motifs is 2. The number of nitrogens with one attached hydrogen (secondary N) is 2. The first-order chi connectivity index (χ1) is 16.1. The fourth-order valence-corrected chi connectivity index (χ4v) is 6.37. The third-order valence-electron chi connectivity index (χ3n) is 6.96. The Morgan fingerprint density at radius 2 is 1.85 bits per heavy atom. The predicted molar refractivity (Wildman–Crippen MR) is 131 cm³/mol. The number of hydrogen-bond acceptors (Lipinski definition) is 2. The summed E-state index contributed by atoms with van der Waals surface area (Å²) in [6, 6.07) is 9.30. The van der Waals surface area contributed by atoms with Gasteiger partial charge in [0, 0.05) is 22.2 Å². The zero-order valence-electron chi connectivity index (χ0n) is 17.6. The van der Waals surface area contributed by atoms with E-state index in [1.165, 1.54) is 12.1 Å². The minimum atomic E-state index is -4.61. The number of thiocarbonyl (C=S) groups is 1. The van der Waals surface area contributed by atoms with E-state index >= 15 is 0 Å². The van der Waals surface area contributed by atoms with Gasteiger partial charge in [0.05, 0.1) is 16.6 Å². The number of carbonyl (C=O) groups is 1. The normalized spacial score (nSPS) is 28.4. The molecule has 0 radical (unpaired) electrons. The van der Waals surface area contributed by atoms with Crippen LogP contribution in [0.15, 0.2) is 65.7 Å². The lowest BCUT2D eigenvalue weighted by atomic mass is 9.56. The van der Waals surface area contributed by atoms with Crippen molar-refractivity contribution in [2.45, 2.75) is 30.5 Å². The van der Waals surface area contributed by atoms with Crippen molar-refractivity contribution in [2.75, 3.05) is 5.32 Å². The van der Waals surface area contributed by atoms with Crippen molar-refractivity contribution in [3.05, 3.63) is 87.4 Å². The van der Waals surface area contributed by atoms with Crippen LogP contribution in [0.1, 0.15) is 35.6 Å². The lowest BCUT2D eigenvalue weighted by molar-refractivity contribution is -0.139. The van der Waals surface area contributed by atoms with Crippen LogP contribution in [-0.2, 0) is 16.4 Å². The highest BCUT2D eigenvalue weighted by molar-refractivity contribution is 7.80. The zero-order valence-corrected chi connectivity index (χ0v) is 20.0. The molecule has 3 aliphatic rings. The third kappa shape index (κ3) is 3.65. The Kier molecular flexibility index (Phi) is 5.78. The third-order valence-corrected chi connectivity index (χ3v) is 7.76. The van der Waals surface area contributed by atoms with Gasteiger partial charge in [-0.3, -0.25) is 4.79 Å². The van der Waals surface area contributed by atoms with Crippen molar-refractivity contribution in [3.63, 3.8) is 0 Å². The van der Waals surface area contributed by atoms with Crippen LogP contribution in [0.4, 0.5) is 18.9 Å². The lowest BCUT2D eigenvalue weighted by Crippen LogP contribution is -2.59. The summed E-state index contributed by atoms with van der Waals surface area (Å²) in [5, 5.41) is 7.04. The number of amides is 1. The molecule has 3 nitrogen and oxygen atoms in total. The van der Waals surface area contributed by atoms with Gasteiger partial charge >= 0.3 is 6.18 Å². The van der Waals surface area contributed by atoms with Crippen LogP contribution in [-0.4, -0.2) is 10.9 Å². The summed E-state index contributed by atoms with van der Waals surface area (Å²) in [6.45, 7) is 0. The zero-order chi connectivity index (χ0) is 24.3. The van der Waals surface area contributed by atoms with Gasteiger partial charge in [0.15, 0.2) is 0 Å². The molecule has 2 aromatic rings. The number of piperidine rings is 1. The predicted octanol–water partition coefficient (Wildman–Crippen LogP) is 6.93. The van der Waals surface area contributed by atoms with Gasteiger partial charge in [0.1, 0.15) is 5.41 Å². The van der Waals surface area contributed by atoms with Gasteiger partial charge in [-0.05, 0) is 53.7 Å². The van der Waals surface area contributed by atoms with E-state index in [1.54, 1.807) is 30.3 Å². The van der Waals surface area contributed by atoms with Crippen LogP contribution < -0.4 is 10.6 Å². The van der Waals surface area contributed by atoms with Crippen molar-refractivity contribution in [2.24, 2.45) is 11.8 Å². The van der Waals surface area contributed by atoms with Crippen LogP contribution in [0.3, 0.4) is 0 Å². The van der Waals surface area contributed by atoms with Gasteiger partial charge in [0.25, 0.3) is 0 Å². The Morgan fingerprint density at radius 1 is 1.09 bits per heavy atom. The monoisotopic (exact) mass is 522 g/mol. The van der Waals surface area contributed by atoms with E-state index in [0.29, 0.717) is 39.1 Å². The Bertz CT molecular complexity index is 1260. The molecule has 5 rings (SSSR count). The number of halogens is 5. The Balaban J connectivity index is 1.79. The lowest BCUT2D eigenvalue weighted by Gasteiger charge is -2.50. The van der Waals surface area contributed by atoms with E-state index in [0.717, 1.165) is 6.07 Å². The number of benzene rings is 2. The molecule has 1 spiro atoms.